The summed E-state index contributed by atoms with van der Waals surface area (Å²) in [5.41, 5.74) is 3.31. The van der Waals surface area contributed by atoms with Crippen LogP contribution in [0.1, 0.15) is 45.6 Å². The molecule has 1 aromatic heterocycles. The van der Waals surface area contributed by atoms with E-state index in [2.05, 4.69) is 32.9 Å². The van der Waals surface area contributed by atoms with E-state index < -0.39 is 0 Å². The zero-order valence-corrected chi connectivity index (χ0v) is 10.6. The number of hydrogen-bond acceptors (Lipinski definition) is 1. The van der Waals surface area contributed by atoms with Gasteiger partial charge in [-0.25, -0.2) is 0 Å². The smallest absolute Gasteiger partial charge is 0.0937 e. The van der Waals surface area contributed by atoms with Crippen molar-refractivity contribution in [2.24, 2.45) is 11.3 Å². The van der Waals surface area contributed by atoms with Crippen molar-refractivity contribution in [3.05, 3.63) is 35.8 Å². The molecule has 1 fully saturated rings. The van der Waals surface area contributed by atoms with E-state index in [-0.39, 0.29) is 0 Å². The van der Waals surface area contributed by atoms with Crippen molar-refractivity contribution in [3.63, 3.8) is 0 Å². The molecule has 2 rings (SSSR count). The predicted octanol–water partition coefficient (Wildman–Crippen LogP) is 4.59. The Bertz CT molecular complexity index is 357. The van der Waals surface area contributed by atoms with Gasteiger partial charge in [-0.3, -0.25) is 0 Å². The SMILES string of the molecule is CC1CCCC(C)(C)/C1=C/Cc1ccoc1. The Morgan fingerprint density at radius 1 is 1.50 bits per heavy atom. The van der Waals surface area contributed by atoms with Gasteiger partial charge >= 0.3 is 0 Å². The van der Waals surface area contributed by atoms with Crippen LogP contribution in [-0.2, 0) is 6.42 Å². The molecule has 1 heterocycles. The molecule has 1 aliphatic rings. The van der Waals surface area contributed by atoms with Crippen molar-refractivity contribution >= 4 is 0 Å². The van der Waals surface area contributed by atoms with Gasteiger partial charge in [0.05, 0.1) is 12.5 Å². The summed E-state index contributed by atoms with van der Waals surface area (Å²) < 4.78 is 5.10. The largest absolute Gasteiger partial charge is 0.472 e. The second kappa shape index (κ2) is 4.48. The summed E-state index contributed by atoms with van der Waals surface area (Å²) in [6.45, 7) is 7.12. The maximum absolute atomic E-state index is 5.10. The Balaban J connectivity index is 2.13. The van der Waals surface area contributed by atoms with Crippen molar-refractivity contribution in [1.29, 1.82) is 0 Å². The summed E-state index contributed by atoms with van der Waals surface area (Å²) in [4.78, 5) is 0. The molecule has 0 saturated heterocycles. The summed E-state index contributed by atoms with van der Waals surface area (Å²) in [7, 11) is 0. The van der Waals surface area contributed by atoms with Crippen LogP contribution in [0.3, 0.4) is 0 Å². The topological polar surface area (TPSA) is 13.1 Å². The number of rotatable bonds is 2. The van der Waals surface area contributed by atoms with Crippen LogP contribution >= 0.6 is 0 Å². The highest BCUT2D eigenvalue weighted by molar-refractivity contribution is 5.21. The van der Waals surface area contributed by atoms with E-state index in [9.17, 15) is 0 Å². The van der Waals surface area contributed by atoms with Gasteiger partial charge < -0.3 is 4.42 Å². The fraction of sp³-hybridized carbons (Fsp3) is 0.600. The van der Waals surface area contributed by atoms with E-state index in [1.165, 1.54) is 24.8 Å². The number of allylic oxidation sites excluding steroid dienone is 2. The third-order valence-electron chi connectivity index (χ3n) is 3.89. The highest BCUT2D eigenvalue weighted by Crippen LogP contribution is 2.43. The Hall–Kier alpha value is -0.980. The van der Waals surface area contributed by atoms with Gasteiger partial charge in [-0.1, -0.05) is 38.8 Å². The molecule has 1 unspecified atom stereocenters. The summed E-state index contributed by atoms with van der Waals surface area (Å²) in [5.74, 6) is 0.746. The molecule has 1 nitrogen and oxygen atoms in total. The lowest BCUT2D eigenvalue weighted by Crippen LogP contribution is -2.25. The molecule has 1 heteroatoms. The summed E-state index contributed by atoms with van der Waals surface area (Å²) in [6, 6.07) is 2.05. The minimum Gasteiger partial charge on any atom is -0.472 e. The molecule has 16 heavy (non-hydrogen) atoms. The first kappa shape index (κ1) is 11.5. The van der Waals surface area contributed by atoms with Gasteiger partial charge in [0.2, 0.25) is 0 Å². The van der Waals surface area contributed by atoms with E-state index in [1.54, 1.807) is 11.8 Å². The molecule has 0 N–H and O–H groups in total. The van der Waals surface area contributed by atoms with Gasteiger partial charge in [-0.05, 0) is 42.2 Å². The lowest BCUT2D eigenvalue weighted by molar-refractivity contribution is 0.288. The van der Waals surface area contributed by atoms with Crippen molar-refractivity contribution in [2.45, 2.75) is 46.5 Å². The lowest BCUT2D eigenvalue weighted by atomic mass is 9.68. The number of hydrogen-bond donors (Lipinski definition) is 0. The Morgan fingerprint density at radius 2 is 2.31 bits per heavy atom. The average molecular weight is 218 g/mol. The van der Waals surface area contributed by atoms with Crippen LogP contribution in [0.2, 0.25) is 0 Å². The van der Waals surface area contributed by atoms with E-state index in [1.807, 2.05) is 6.26 Å². The minimum absolute atomic E-state index is 0.390. The molecule has 1 aliphatic carbocycles. The third kappa shape index (κ3) is 2.40. The highest BCUT2D eigenvalue weighted by Gasteiger charge is 2.30. The second-order valence-electron chi connectivity index (χ2n) is 5.67. The fourth-order valence-corrected chi connectivity index (χ4v) is 2.93. The minimum atomic E-state index is 0.390. The number of furan rings is 1. The zero-order chi connectivity index (χ0) is 11.6. The summed E-state index contributed by atoms with van der Waals surface area (Å²) >= 11 is 0. The van der Waals surface area contributed by atoms with E-state index in [0.29, 0.717) is 5.41 Å². The van der Waals surface area contributed by atoms with Crippen LogP contribution in [0.25, 0.3) is 0 Å². The monoisotopic (exact) mass is 218 g/mol. The molecule has 0 aliphatic heterocycles. The van der Waals surface area contributed by atoms with Crippen LogP contribution in [0.4, 0.5) is 0 Å². The van der Waals surface area contributed by atoms with Crippen molar-refractivity contribution in [1.82, 2.24) is 0 Å². The van der Waals surface area contributed by atoms with Gasteiger partial charge in [-0.15, -0.1) is 0 Å². The highest BCUT2D eigenvalue weighted by atomic mass is 16.3. The molecule has 1 saturated carbocycles. The van der Waals surface area contributed by atoms with Crippen molar-refractivity contribution < 1.29 is 4.42 Å². The van der Waals surface area contributed by atoms with Crippen LogP contribution < -0.4 is 0 Å². The zero-order valence-electron chi connectivity index (χ0n) is 10.6. The Morgan fingerprint density at radius 3 is 2.94 bits per heavy atom. The molecule has 0 radical (unpaired) electrons. The van der Waals surface area contributed by atoms with Gasteiger partial charge in [0.25, 0.3) is 0 Å². The fourth-order valence-electron chi connectivity index (χ4n) is 2.93. The van der Waals surface area contributed by atoms with Gasteiger partial charge in [0, 0.05) is 0 Å². The van der Waals surface area contributed by atoms with Crippen molar-refractivity contribution in [3.8, 4) is 0 Å². The Labute approximate surface area is 98.5 Å². The molecule has 88 valence electrons. The second-order valence-corrected chi connectivity index (χ2v) is 5.67. The molecule has 0 spiro atoms. The van der Waals surface area contributed by atoms with Gasteiger partial charge in [-0.2, -0.15) is 0 Å². The molecule has 1 atom stereocenters. The van der Waals surface area contributed by atoms with E-state index in [0.717, 1.165) is 12.3 Å². The van der Waals surface area contributed by atoms with Crippen LogP contribution in [0.15, 0.2) is 34.7 Å². The van der Waals surface area contributed by atoms with E-state index >= 15 is 0 Å². The lowest BCUT2D eigenvalue weighted by Gasteiger charge is -2.37. The molecular formula is C15H22O. The van der Waals surface area contributed by atoms with E-state index in [4.69, 9.17) is 4.42 Å². The molecular weight excluding hydrogens is 196 g/mol. The molecule has 0 bridgehead atoms. The standard InChI is InChI=1S/C15H22O/c1-12-5-4-9-15(2,3)14(12)7-6-13-8-10-16-11-13/h7-8,10-12H,4-6,9H2,1-3H3/b14-7+. The maximum Gasteiger partial charge on any atom is 0.0937 e. The van der Waals surface area contributed by atoms with Crippen molar-refractivity contribution in [2.75, 3.05) is 0 Å². The average Bonchev–Trinajstić information content (AvgIpc) is 2.68. The molecule has 1 aromatic rings. The van der Waals surface area contributed by atoms with Gasteiger partial charge in [0.1, 0.15) is 0 Å². The first-order valence-electron chi connectivity index (χ1n) is 6.31. The normalized spacial score (nSPS) is 27.2. The third-order valence-corrected chi connectivity index (χ3v) is 3.89. The molecule has 0 amide bonds. The van der Waals surface area contributed by atoms with Crippen LogP contribution in [-0.4, -0.2) is 0 Å². The maximum atomic E-state index is 5.10. The Kier molecular flexibility index (Phi) is 3.22. The molecule has 0 aromatic carbocycles. The quantitative estimate of drug-likeness (QED) is 0.661. The van der Waals surface area contributed by atoms with Crippen LogP contribution in [0.5, 0.6) is 0 Å². The summed E-state index contributed by atoms with van der Waals surface area (Å²) in [5, 5.41) is 0. The first-order chi connectivity index (χ1) is 7.59. The van der Waals surface area contributed by atoms with Gasteiger partial charge in [0.15, 0.2) is 0 Å². The summed E-state index contributed by atoms with van der Waals surface area (Å²) in [6.07, 6.45) is 11.1. The van der Waals surface area contributed by atoms with Crippen LogP contribution in [0, 0.1) is 11.3 Å². The first-order valence-corrected chi connectivity index (χ1v) is 6.31. The predicted molar refractivity (Wildman–Crippen MR) is 67.3 cm³/mol.